The Kier molecular flexibility index (Phi) is 2.62. The molecule has 2 rings (SSSR count). The molecule has 0 unspecified atom stereocenters. The smallest absolute Gasteiger partial charge is 0.117 e. The van der Waals surface area contributed by atoms with E-state index >= 15 is 0 Å². The van der Waals surface area contributed by atoms with Crippen molar-refractivity contribution in [3.63, 3.8) is 0 Å². The fourth-order valence-electron chi connectivity index (χ4n) is 2.02. The number of aryl methyl sites for hydroxylation is 1. The summed E-state index contributed by atoms with van der Waals surface area (Å²) in [6.45, 7) is 4.38. The molecule has 1 saturated heterocycles. The van der Waals surface area contributed by atoms with Crippen LogP contribution in [0.15, 0.2) is 18.2 Å². The minimum absolute atomic E-state index is 0.395. The zero-order valence-electron chi connectivity index (χ0n) is 8.66. The first-order valence-electron chi connectivity index (χ1n) is 5.37. The maximum Gasteiger partial charge on any atom is 0.117 e. The van der Waals surface area contributed by atoms with Crippen LogP contribution in [0.1, 0.15) is 25.3 Å². The number of nitrogens with zero attached hydrogens (tertiary/aromatic N) is 1. The molecule has 0 amide bonds. The van der Waals surface area contributed by atoms with Crippen molar-refractivity contribution in [3.05, 3.63) is 23.8 Å². The number of hydrogen-bond acceptors (Lipinski definition) is 2. The monoisotopic (exact) mass is 191 g/mol. The highest BCUT2D eigenvalue weighted by Gasteiger charge is 2.13. The van der Waals surface area contributed by atoms with Crippen LogP contribution in [-0.4, -0.2) is 18.2 Å². The van der Waals surface area contributed by atoms with Crippen molar-refractivity contribution < 1.29 is 5.11 Å². The third-order valence-corrected chi connectivity index (χ3v) is 2.84. The van der Waals surface area contributed by atoms with Crippen LogP contribution in [0.5, 0.6) is 5.75 Å². The van der Waals surface area contributed by atoms with Crippen LogP contribution in [0.3, 0.4) is 0 Å². The van der Waals surface area contributed by atoms with E-state index in [0.717, 1.165) is 19.5 Å². The van der Waals surface area contributed by atoms with Crippen LogP contribution >= 0.6 is 0 Å². The Morgan fingerprint density at radius 1 is 1.21 bits per heavy atom. The minimum Gasteiger partial charge on any atom is -0.508 e. The van der Waals surface area contributed by atoms with E-state index in [1.54, 1.807) is 0 Å². The van der Waals surface area contributed by atoms with Crippen LogP contribution in [0.25, 0.3) is 0 Å². The van der Waals surface area contributed by atoms with E-state index in [1.807, 2.05) is 12.1 Å². The molecule has 14 heavy (non-hydrogen) atoms. The standard InChI is InChI=1S/C12H17NO/c1-2-10-7-11(9-12(14)8-10)13-5-3-4-6-13/h7-9,14H,2-6H2,1H3. The first-order chi connectivity index (χ1) is 6.79. The molecule has 1 aliphatic heterocycles. The highest BCUT2D eigenvalue weighted by Crippen LogP contribution is 2.26. The van der Waals surface area contributed by atoms with E-state index in [2.05, 4.69) is 17.9 Å². The summed E-state index contributed by atoms with van der Waals surface area (Å²) in [5.41, 5.74) is 2.39. The molecule has 1 heterocycles. The average molecular weight is 191 g/mol. The van der Waals surface area contributed by atoms with Gasteiger partial charge in [-0.1, -0.05) is 6.92 Å². The van der Waals surface area contributed by atoms with Gasteiger partial charge in [-0.15, -0.1) is 0 Å². The summed E-state index contributed by atoms with van der Waals surface area (Å²) in [7, 11) is 0. The van der Waals surface area contributed by atoms with Gasteiger partial charge in [-0.3, -0.25) is 0 Å². The summed E-state index contributed by atoms with van der Waals surface area (Å²) in [5.74, 6) is 0.395. The number of hydrogen-bond donors (Lipinski definition) is 1. The number of phenols is 1. The second-order valence-electron chi connectivity index (χ2n) is 3.91. The van der Waals surface area contributed by atoms with Gasteiger partial charge in [0.2, 0.25) is 0 Å². The van der Waals surface area contributed by atoms with Gasteiger partial charge in [-0.25, -0.2) is 0 Å². The molecule has 1 fully saturated rings. The number of anilines is 1. The van der Waals surface area contributed by atoms with Gasteiger partial charge >= 0.3 is 0 Å². The molecule has 76 valence electrons. The van der Waals surface area contributed by atoms with Crippen molar-refractivity contribution in [3.8, 4) is 5.75 Å². The molecule has 1 aromatic carbocycles. The maximum atomic E-state index is 9.56. The van der Waals surface area contributed by atoms with E-state index in [-0.39, 0.29) is 0 Å². The van der Waals surface area contributed by atoms with Gasteiger partial charge in [0.25, 0.3) is 0 Å². The summed E-state index contributed by atoms with van der Waals surface area (Å²) < 4.78 is 0. The van der Waals surface area contributed by atoms with Crippen molar-refractivity contribution in [2.45, 2.75) is 26.2 Å². The Morgan fingerprint density at radius 3 is 2.57 bits per heavy atom. The van der Waals surface area contributed by atoms with E-state index in [1.165, 1.54) is 24.1 Å². The molecule has 1 N–H and O–H groups in total. The lowest BCUT2D eigenvalue weighted by Crippen LogP contribution is -2.17. The van der Waals surface area contributed by atoms with Crippen LogP contribution in [0, 0.1) is 0 Å². The highest BCUT2D eigenvalue weighted by molar-refractivity contribution is 5.53. The zero-order chi connectivity index (χ0) is 9.97. The van der Waals surface area contributed by atoms with Gasteiger partial charge in [0.05, 0.1) is 0 Å². The lowest BCUT2D eigenvalue weighted by Gasteiger charge is -2.18. The molecule has 0 spiro atoms. The van der Waals surface area contributed by atoms with E-state index in [0.29, 0.717) is 5.75 Å². The van der Waals surface area contributed by atoms with Gasteiger partial charge in [0.1, 0.15) is 5.75 Å². The average Bonchev–Trinajstić information content (AvgIpc) is 2.69. The summed E-state index contributed by atoms with van der Waals surface area (Å²) in [6, 6.07) is 5.90. The minimum atomic E-state index is 0.395. The number of phenolic OH excluding ortho intramolecular Hbond substituents is 1. The van der Waals surface area contributed by atoms with Gasteiger partial charge in [0, 0.05) is 24.8 Å². The number of benzene rings is 1. The fraction of sp³-hybridized carbons (Fsp3) is 0.500. The Hall–Kier alpha value is -1.18. The van der Waals surface area contributed by atoms with Crippen LogP contribution in [0.4, 0.5) is 5.69 Å². The van der Waals surface area contributed by atoms with Crippen molar-refractivity contribution >= 4 is 5.69 Å². The second kappa shape index (κ2) is 3.91. The highest BCUT2D eigenvalue weighted by atomic mass is 16.3. The zero-order valence-corrected chi connectivity index (χ0v) is 8.66. The van der Waals surface area contributed by atoms with E-state index in [4.69, 9.17) is 0 Å². The molecule has 0 atom stereocenters. The molecule has 0 aliphatic carbocycles. The summed E-state index contributed by atoms with van der Waals surface area (Å²) in [6.07, 6.45) is 3.53. The Bertz CT molecular complexity index is 316. The molecular weight excluding hydrogens is 174 g/mol. The third kappa shape index (κ3) is 1.84. The lowest BCUT2D eigenvalue weighted by molar-refractivity contribution is 0.474. The van der Waals surface area contributed by atoms with Gasteiger partial charge in [-0.05, 0) is 37.0 Å². The molecule has 1 aliphatic rings. The molecule has 2 nitrogen and oxygen atoms in total. The predicted octanol–water partition coefficient (Wildman–Crippen LogP) is 2.55. The van der Waals surface area contributed by atoms with Crippen LogP contribution < -0.4 is 4.90 Å². The molecule has 0 bridgehead atoms. The first-order valence-corrected chi connectivity index (χ1v) is 5.37. The van der Waals surface area contributed by atoms with Crippen LogP contribution in [-0.2, 0) is 6.42 Å². The fourth-order valence-corrected chi connectivity index (χ4v) is 2.02. The molecular formula is C12H17NO. The second-order valence-corrected chi connectivity index (χ2v) is 3.91. The van der Waals surface area contributed by atoms with Crippen molar-refractivity contribution in [2.75, 3.05) is 18.0 Å². The van der Waals surface area contributed by atoms with Gasteiger partial charge in [0.15, 0.2) is 0 Å². The normalized spacial score (nSPS) is 16.2. The van der Waals surface area contributed by atoms with E-state index in [9.17, 15) is 5.11 Å². The lowest BCUT2D eigenvalue weighted by atomic mass is 10.1. The Balaban J connectivity index is 2.27. The SMILES string of the molecule is CCc1cc(O)cc(N2CCCC2)c1. The molecule has 2 heteroatoms. The quantitative estimate of drug-likeness (QED) is 0.776. The maximum absolute atomic E-state index is 9.56. The first kappa shape index (κ1) is 9.38. The van der Waals surface area contributed by atoms with Crippen molar-refractivity contribution in [2.24, 2.45) is 0 Å². The largest absolute Gasteiger partial charge is 0.508 e. The third-order valence-electron chi connectivity index (χ3n) is 2.84. The molecule has 0 radical (unpaired) electrons. The van der Waals surface area contributed by atoms with E-state index < -0.39 is 0 Å². The van der Waals surface area contributed by atoms with Crippen molar-refractivity contribution in [1.29, 1.82) is 0 Å². The molecule has 0 aromatic heterocycles. The summed E-state index contributed by atoms with van der Waals surface area (Å²) >= 11 is 0. The molecule has 1 aromatic rings. The van der Waals surface area contributed by atoms with Gasteiger partial charge < -0.3 is 10.0 Å². The Labute approximate surface area is 85.2 Å². The molecule has 0 saturated carbocycles. The Morgan fingerprint density at radius 2 is 1.93 bits per heavy atom. The summed E-state index contributed by atoms with van der Waals surface area (Å²) in [4.78, 5) is 2.35. The number of rotatable bonds is 2. The van der Waals surface area contributed by atoms with Crippen molar-refractivity contribution in [1.82, 2.24) is 0 Å². The summed E-state index contributed by atoms with van der Waals surface area (Å²) in [5, 5.41) is 9.56. The number of aromatic hydroxyl groups is 1. The topological polar surface area (TPSA) is 23.5 Å². The van der Waals surface area contributed by atoms with Gasteiger partial charge in [-0.2, -0.15) is 0 Å². The predicted molar refractivity (Wildman–Crippen MR) is 58.9 cm³/mol. The van der Waals surface area contributed by atoms with Crippen LogP contribution in [0.2, 0.25) is 0 Å².